The van der Waals surface area contributed by atoms with Crippen molar-refractivity contribution in [2.45, 2.75) is 33.7 Å². The van der Waals surface area contributed by atoms with Gasteiger partial charge in [0.05, 0.1) is 12.2 Å². The van der Waals surface area contributed by atoms with Crippen molar-refractivity contribution < 1.29 is 14.7 Å². The second-order valence-electron chi connectivity index (χ2n) is 6.53. The topological polar surface area (TPSA) is 70.5 Å². The van der Waals surface area contributed by atoms with E-state index in [9.17, 15) is 14.7 Å². The predicted molar refractivity (Wildman–Crippen MR) is 84.7 cm³/mol. The standard InChI is InChI=1S/C16H23N3O3/c1-10(2)8-19(14-7-6-11(3)17-12(14)4)9-13(15(20)21)18(5)16(19)22/h6-7,10,13H,8-9H2,1-5H3/p+1. The lowest BCUT2D eigenvalue weighted by atomic mass is 10.1. The molecule has 6 nitrogen and oxygen atoms in total. The van der Waals surface area contributed by atoms with Crippen LogP contribution in [0.2, 0.25) is 0 Å². The predicted octanol–water partition coefficient (Wildman–Crippen LogP) is 2.18. The first-order valence-corrected chi connectivity index (χ1v) is 7.51. The van der Waals surface area contributed by atoms with E-state index in [2.05, 4.69) is 4.98 Å². The molecule has 2 heterocycles. The molecule has 1 aliphatic rings. The number of carbonyl (C=O) groups is 2. The van der Waals surface area contributed by atoms with Crippen LogP contribution < -0.4 is 4.48 Å². The molecule has 1 fully saturated rings. The fourth-order valence-corrected chi connectivity index (χ4v) is 3.38. The Hall–Kier alpha value is -1.95. The summed E-state index contributed by atoms with van der Waals surface area (Å²) < 4.78 is 0.0320. The molecule has 1 saturated heterocycles. The van der Waals surface area contributed by atoms with Crippen LogP contribution in [0.1, 0.15) is 25.2 Å². The van der Waals surface area contributed by atoms with Gasteiger partial charge in [0.2, 0.25) is 0 Å². The molecule has 0 aromatic carbocycles. The van der Waals surface area contributed by atoms with Gasteiger partial charge in [-0.2, -0.15) is 0 Å². The zero-order valence-electron chi connectivity index (χ0n) is 13.8. The fraction of sp³-hybridized carbons (Fsp3) is 0.562. The Morgan fingerprint density at radius 1 is 1.45 bits per heavy atom. The van der Waals surface area contributed by atoms with Gasteiger partial charge in [0.25, 0.3) is 0 Å². The number of aliphatic carboxylic acids is 1. The maximum Gasteiger partial charge on any atom is 0.425 e. The maximum absolute atomic E-state index is 12.9. The number of likely N-dealkylation sites (N-methyl/N-ethyl adjacent to an activating group) is 1. The Balaban J connectivity index is 2.59. The van der Waals surface area contributed by atoms with Crippen LogP contribution in [0.5, 0.6) is 0 Å². The van der Waals surface area contributed by atoms with E-state index < -0.39 is 12.0 Å². The SMILES string of the molecule is Cc1ccc([N+]2(CC(C)C)CC(C(=O)O)N(C)C2=O)c(C)n1. The van der Waals surface area contributed by atoms with Crippen LogP contribution in [-0.2, 0) is 4.79 Å². The van der Waals surface area contributed by atoms with Gasteiger partial charge < -0.3 is 5.11 Å². The van der Waals surface area contributed by atoms with E-state index in [-0.39, 0.29) is 23.0 Å². The van der Waals surface area contributed by atoms with Crippen LogP contribution >= 0.6 is 0 Å². The molecule has 0 saturated carbocycles. The molecule has 0 aliphatic carbocycles. The summed E-state index contributed by atoms with van der Waals surface area (Å²) in [7, 11) is 1.57. The van der Waals surface area contributed by atoms with Gasteiger partial charge >= 0.3 is 12.0 Å². The molecule has 2 atom stereocenters. The van der Waals surface area contributed by atoms with Crippen LogP contribution in [0.3, 0.4) is 0 Å². The fourth-order valence-electron chi connectivity index (χ4n) is 3.38. The molecule has 1 aromatic rings. The molecule has 0 spiro atoms. The summed E-state index contributed by atoms with van der Waals surface area (Å²) in [4.78, 5) is 30.2. The Kier molecular flexibility index (Phi) is 4.24. The zero-order chi connectivity index (χ0) is 16.7. The van der Waals surface area contributed by atoms with E-state index in [0.717, 1.165) is 17.1 Å². The first-order chi connectivity index (χ1) is 10.2. The van der Waals surface area contributed by atoms with Crippen LogP contribution in [0.15, 0.2) is 12.1 Å². The lowest BCUT2D eigenvalue weighted by Crippen LogP contribution is -2.54. The minimum absolute atomic E-state index is 0.0320. The highest BCUT2D eigenvalue weighted by Gasteiger charge is 2.55. The van der Waals surface area contributed by atoms with E-state index in [0.29, 0.717) is 6.54 Å². The van der Waals surface area contributed by atoms with Crippen molar-refractivity contribution in [2.75, 3.05) is 20.1 Å². The second-order valence-corrected chi connectivity index (χ2v) is 6.53. The first-order valence-electron chi connectivity index (χ1n) is 7.51. The Labute approximate surface area is 131 Å². The molecule has 6 heteroatoms. The number of rotatable bonds is 4. The third kappa shape index (κ3) is 2.59. The number of nitrogens with zero attached hydrogens (tertiary/aromatic N) is 3. The molecule has 2 amide bonds. The van der Waals surface area contributed by atoms with Gasteiger partial charge in [0.15, 0.2) is 11.7 Å². The molecule has 1 aliphatic heterocycles. The zero-order valence-corrected chi connectivity index (χ0v) is 13.8. The van der Waals surface area contributed by atoms with E-state index in [4.69, 9.17) is 0 Å². The number of hydrogen-bond donors (Lipinski definition) is 1. The number of aryl methyl sites for hydroxylation is 2. The smallest absolute Gasteiger partial charge is 0.425 e. The summed E-state index contributed by atoms with van der Waals surface area (Å²) in [5.41, 5.74) is 2.48. The van der Waals surface area contributed by atoms with E-state index in [1.165, 1.54) is 4.90 Å². The summed E-state index contributed by atoms with van der Waals surface area (Å²) in [6.07, 6.45) is 0. The van der Waals surface area contributed by atoms with Gasteiger partial charge in [-0.25, -0.2) is 14.1 Å². The van der Waals surface area contributed by atoms with Gasteiger partial charge in [-0.3, -0.25) is 9.88 Å². The van der Waals surface area contributed by atoms with Crippen LogP contribution in [0.4, 0.5) is 10.5 Å². The molecule has 2 unspecified atom stereocenters. The number of carboxylic acids is 1. The van der Waals surface area contributed by atoms with Crippen LogP contribution in [0, 0.1) is 19.8 Å². The van der Waals surface area contributed by atoms with Crippen molar-refractivity contribution in [3.8, 4) is 0 Å². The highest BCUT2D eigenvalue weighted by molar-refractivity contribution is 5.95. The molecule has 0 bridgehead atoms. The van der Waals surface area contributed by atoms with Gasteiger partial charge in [-0.05, 0) is 19.9 Å². The second kappa shape index (κ2) is 5.68. The molecule has 1 N–H and O–H groups in total. The van der Waals surface area contributed by atoms with Gasteiger partial charge in [-0.1, -0.05) is 13.8 Å². The molecule has 1 aromatic heterocycles. The normalized spacial score (nSPS) is 25.1. The number of hydrogen-bond acceptors (Lipinski definition) is 3. The Morgan fingerprint density at radius 2 is 2.09 bits per heavy atom. The monoisotopic (exact) mass is 306 g/mol. The highest BCUT2D eigenvalue weighted by atomic mass is 16.4. The van der Waals surface area contributed by atoms with Crippen molar-refractivity contribution in [1.29, 1.82) is 0 Å². The third-order valence-electron chi connectivity index (χ3n) is 4.24. The molecule has 120 valence electrons. The minimum atomic E-state index is -0.961. The molecular weight excluding hydrogens is 282 g/mol. The number of amides is 2. The summed E-state index contributed by atoms with van der Waals surface area (Å²) >= 11 is 0. The number of carboxylic acid groups (broad SMARTS) is 1. The summed E-state index contributed by atoms with van der Waals surface area (Å²) in [5, 5.41) is 9.41. The van der Waals surface area contributed by atoms with Gasteiger partial charge in [-0.15, -0.1) is 0 Å². The summed E-state index contributed by atoms with van der Waals surface area (Å²) in [6.45, 7) is 8.68. The Bertz CT molecular complexity index is 615. The van der Waals surface area contributed by atoms with Crippen LogP contribution in [-0.4, -0.2) is 53.2 Å². The van der Waals surface area contributed by atoms with Gasteiger partial charge in [0.1, 0.15) is 6.54 Å². The number of urea groups is 1. The van der Waals surface area contributed by atoms with Crippen molar-refractivity contribution in [3.05, 3.63) is 23.5 Å². The van der Waals surface area contributed by atoms with Crippen molar-refractivity contribution >= 4 is 17.7 Å². The number of carbonyl (C=O) groups excluding carboxylic acids is 1. The maximum atomic E-state index is 12.9. The third-order valence-corrected chi connectivity index (χ3v) is 4.24. The number of quaternary nitrogens is 1. The average Bonchev–Trinajstić information content (AvgIpc) is 2.64. The molecular formula is C16H24N3O3+. The minimum Gasteiger partial charge on any atom is -0.480 e. The van der Waals surface area contributed by atoms with Crippen molar-refractivity contribution in [2.24, 2.45) is 5.92 Å². The van der Waals surface area contributed by atoms with Gasteiger partial charge in [0, 0.05) is 24.7 Å². The Morgan fingerprint density at radius 3 is 2.55 bits per heavy atom. The van der Waals surface area contributed by atoms with Crippen molar-refractivity contribution in [3.63, 3.8) is 0 Å². The quantitative estimate of drug-likeness (QED) is 0.866. The first kappa shape index (κ1) is 16.4. The average molecular weight is 306 g/mol. The van der Waals surface area contributed by atoms with Crippen LogP contribution in [0.25, 0.3) is 0 Å². The summed E-state index contributed by atoms with van der Waals surface area (Å²) in [6, 6.07) is 2.82. The lowest BCUT2D eigenvalue weighted by molar-refractivity contribution is -0.140. The van der Waals surface area contributed by atoms with Crippen molar-refractivity contribution in [1.82, 2.24) is 14.4 Å². The molecule has 0 radical (unpaired) electrons. The largest absolute Gasteiger partial charge is 0.480 e. The number of aromatic nitrogens is 1. The van der Waals surface area contributed by atoms with E-state index in [1.807, 2.05) is 39.8 Å². The van der Waals surface area contributed by atoms with E-state index >= 15 is 0 Å². The molecule has 2 rings (SSSR count). The lowest BCUT2D eigenvalue weighted by Gasteiger charge is -2.32. The summed E-state index contributed by atoms with van der Waals surface area (Å²) in [5.74, 6) is -0.706. The highest BCUT2D eigenvalue weighted by Crippen LogP contribution is 2.35. The number of pyridine rings is 1. The van der Waals surface area contributed by atoms with E-state index in [1.54, 1.807) is 7.05 Å². The molecule has 22 heavy (non-hydrogen) atoms.